The molecule has 3 aromatic rings. The van der Waals surface area contributed by atoms with Crippen molar-refractivity contribution in [1.82, 2.24) is 9.55 Å². The Hall–Kier alpha value is -2.53. The number of benzene rings is 2. The number of aromatic nitrogens is 2. The molecule has 0 spiro atoms. The molecule has 0 unspecified atom stereocenters. The van der Waals surface area contributed by atoms with Gasteiger partial charge >= 0.3 is 5.97 Å². The third kappa shape index (κ3) is 5.04. The summed E-state index contributed by atoms with van der Waals surface area (Å²) in [5.74, 6) is 0.00243. The van der Waals surface area contributed by atoms with Crippen molar-refractivity contribution in [3.05, 3.63) is 60.7 Å². The van der Waals surface area contributed by atoms with Crippen LogP contribution in [-0.4, -0.2) is 26.4 Å². The number of imidazole rings is 1. The lowest BCUT2D eigenvalue weighted by Crippen LogP contribution is -2.03. The molecule has 1 aromatic heterocycles. The molecule has 0 amide bonds. The molecule has 4 nitrogen and oxygen atoms in total. The fourth-order valence-corrected chi connectivity index (χ4v) is 4.10. The minimum absolute atomic E-state index is 0.194. The summed E-state index contributed by atoms with van der Waals surface area (Å²) in [5, 5.41) is 9.87. The lowest BCUT2D eigenvalue weighted by Gasteiger charge is -2.12. The number of carbonyl (C=O) groups is 1. The molecule has 0 saturated heterocycles. The molecule has 1 N–H and O–H groups in total. The van der Waals surface area contributed by atoms with Gasteiger partial charge in [-0.2, -0.15) is 0 Å². The van der Waals surface area contributed by atoms with Crippen molar-refractivity contribution in [2.75, 3.05) is 5.75 Å². The van der Waals surface area contributed by atoms with Gasteiger partial charge < -0.3 is 9.67 Å². The molecule has 0 aliphatic carbocycles. The SMILES string of the molecule is CCCCn1c(SCCCC(=O)O)nc(-c2ccccc2)c1-c1ccccc1. The first-order valence-electron chi connectivity index (χ1n) is 9.76. The number of carboxylic acid groups (broad SMARTS) is 1. The number of rotatable bonds is 10. The largest absolute Gasteiger partial charge is 0.481 e. The average Bonchev–Trinajstić information content (AvgIpc) is 3.09. The van der Waals surface area contributed by atoms with Crippen molar-refractivity contribution in [3.8, 4) is 22.5 Å². The predicted octanol–water partition coefficient (Wildman–Crippen LogP) is 5.97. The monoisotopic (exact) mass is 394 g/mol. The Morgan fingerprint density at radius 3 is 2.25 bits per heavy atom. The van der Waals surface area contributed by atoms with Gasteiger partial charge in [0.1, 0.15) is 0 Å². The van der Waals surface area contributed by atoms with Gasteiger partial charge in [0.15, 0.2) is 5.16 Å². The van der Waals surface area contributed by atoms with Crippen LogP contribution in [0.25, 0.3) is 22.5 Å². The molecule has 5 heteroatoms. The first-order valence-corrected chi connectivity index (χ1v) is 10.7. The number of carboxylic acids is 1. The van der Waals surface area contributed by atoms with E-state index in [0.717, 1.165) is 52.8 Å². The maximum Gasteiger partial charge on any atom is 0.303 e. The van der Waals surface area contributed by atoms with Gasteiger partial charge in [0.2, 0.25) is 0 Å². The van der Waals surface area contributed by atoms with Crippen LogP contribution in [-0.2, 0) is 11.3 Å². The highest BCUT2D eigenvalue weighted by Gasteiger charge is 2.20. The maximum atomic E-state index is 10.8. The van der Waals surface area contributed by atoms with Crippen LogP contribution in [0.15, 0.2) is 65.8 Å². The highest BCUT2D eigenvalue weighted by molar-refractivity contribution is 7.99. The molecule has 0 aliphatic rings. The standard InChI is InChI=1S/C23H26N2O2S/c1-2-3-16-25-22(19-13-8-5-9-14-19)21(18-11-6-4-7-12-18)24-23(25)28-17-10-15-20(26)27/h4-9,11-14H,2-3,10,15-17H2,1H3,(H,26,27). The predicted molar refractivity (Wildman–Crippen MR) is 116 cm³/mol. The van der Waals surface area contributed by atoms with Crippen LogP contribution >= 0.6 is 11.8 Å². The molecule has 0 fully saturated rings. The zero-order chi connectivity index (χ0) is 19.8. The number of aliphatic carboxylic acids is 1. The normalized spacial score (nSPS) is 10.9. The number of hydrogen-bond acceptors (Lipinski definition) is 3. The molecule has 2 aromatic carbocycles. The Morgan fingerprint density at radius 2 is 1.64 bits per heavy atom. The van der Waals surface area contributed by atoms with Crippen molar-refractivity contribution in [2.24, 2.45) is 0 Å². The Balaban J connectivity index is 2.03. The lowest BCUT2D eigenvalue weighted by molar-refractivity contribution is -0.137. The van der Waals surface area contributed by atoms with Crippen LogP contribution in [0.5, 0.6) is 0 Å². The average molecular weight is 395 g/mol. The number of nitrogens with zero attached hydrogens (tertiary/aromatic N) is 2. The van der Waals surface area contributed by atoms with E-state index in [1.54, 1.807) is 11.8 Å². The maximum absolute atomic E-state index is 10.8. The lowest BCUT2D eigenvalue weighted by atomic mass is 10.0. The summed E-state index contributed by atoms with van der Waals surface area (Å²) in [5.41, 5.74) is 4.39. The van der Waals surface area contributed by atoms with E-state index in [-0.39, 0.29) is 6.42 Å². The molecule has 0 bridgehead atoms. The second-order valence-electron chi connectivity index (χ2n) is 6.67. The van der Waals surface area contributed by atoms with Crippen LogP contribution < -0.4 is 0 Å². The molecular formula is C23H26N2O2S. The topological polar surface area (TPSA) is 55.1 Å². The summed E-state index contributed by atoms with van der Waals surface area (Å²) >= 11 is 1.65. The Labute approximate surface area is 170 Å². The van der Waals surface area contributed by atoms with Crippen LogP contribution in [0.4, 0.5) is 0 Å². The second kappa shape index (κ2) is 10.1. The number of hydrogen-bond donors (Lipinski definition) is 1. The van der Waals surface area contributed by atoms with Crippen LogP contribution in [0.1, 0.15) is 32.6 Å². The van der Waals surface area contributed by atoms with Gasteiger partial charge in [0.05, 0.1) is 11.4 Å². The number of thioether (sulfide) groups is 1. The van der Waals surface area contributed by atoms with E-state index in [4.69, 9.17) is 10.1 Å². The van der Waals surface area contributed by atoms with Gasteiger partial charge in [-0.1, -0.05) is 85.8 Å². The van der Waals surface area contributed by atoms with E-state index >= 15 is 0 Å². The summed E-state index contributed by atoms with van der Waals surface area (Å²) in [6.07, 6.45) is 3.02. The summed E-state index contributed by atoms with van der Waals surface area (Å²) in [4.78, 5) is 15.8. The fourth-order valence-electron chi connectivity index (χ4n) is 3.14. The first kappa shape index (κ1) is 20.2. The summed E-state index contributed by atoms with van der Waals surface area (Å²) in [6, 6.07) is 20.7. The molecule has 0 saturated carbocycles. The van der Waals surface area contributed by atoms with Gasteiger partial charge in [-0.25, -0.2) is 4.98 Å². The first-order chi connectivity index (χ1) is 13.7. The van der Waals surface area contributed by atoms with Crippen LogP contribution in [0.2, 0.25) is 0 Å². The van der Waals surface area contributed by atoms with Crippen molar-refractivity contribution in [3.63, 3.8) is 0 Å². The van der Waals surface area contributed by atoms with E-state index in [9.17, 15) is 4.79 Å². The third-order valence-corrected chi connectivity index (χ3v) is 5.59. The minimum Gasteiger partial charge on any atom is -0.481 e. The molecule has 146 valence electrons. The smallest absolute Gasteiger partial charge is 0.303 e. The van der Waals surface area contributed by atoms with Crippen molar-refractivity contribution in [2.45, 2.75) is 44.3 Å². The van der Waals surface area contributed by atoms with Crippen molar-refractivity contribution >= 4 is 17.7 Å². The second-order valence-corrected chi connectivity index (χ2v) is 7.74. The Morgan fingerprint density at radius 1 is 1.00 bits per heavy atom. The zero-order valence-corrected chi connectivity index (χ0v) is 17.0. The highest BCUT2D eigenvalue weighted by Crippen LogP contribution is 2.36. The molecular weight excluding hydrogens is 368 g/mol. The van der Waals surface area contributed by atoms with Gasteiger partial charge in [0.25, 0.3) is 0 Å². The number of unbranched alkanes of at least 4 members (excludes halogenated alkanes) is 1. The summed E-state index contributed by atoms with van der Waals surface area (Å²) in [7, 11) is 0. The van der Waals surface area contributed by atoms with E-state index in [1.165, 1.54) is 0 Å². The van der Waals surface area contributed by atoms with Crippen LogP contribution in [0, 0.1) is 0 Å². The Bertz CT molecular complexity index is 892. The van der Waals surface area contributed by atoms with Gasteiger partial charge in [-0.3, -0.25) is 4.79 Å². The van der Waals surface area contributed by atoms with Gasteiger partial charge in [0, 0.05) is 29.8 Å². The fraction of sp³-hybridized carbons (Fsp3) is 0.304. The van der Waals surface area contributed by atoms with Gasteiger partial charge in [-0.05, 0) is 12.8 Å². The van der Waals surface area contributed by atoms with E-state index in [1.807, 2.05) is 24.3 Å². The van der Waals surface area contributed by atoms with Crippen LogP contribution in [0.3, 0.4) is 0 Å². The highest BCUT2D eigenvalue weighted by atomic mass is 32.2. The third-order valence-electron chi connectivity index (χ3n) is 4.53. The van der Waals surface area contributed by atoms with Crippen molar-refractivity contribution < 1.29 is 9.90 Å². The summed E-state index contributed by atoms with van der Waals surface area (Å²) < 4.78 is 2.31. The molecule has 1 heterocycles. The van der Waals surface area contributed by atoms with Gasteiger partial charge in [-0.15, -0.1) is 0 Å². The minimum atomic E-state index is -0.745. The molecule has 0 atom stereocenters. The molecule has 0 aliphatic heterocycles. The van der Waals surface area contributed by atoms with E-state index in [0.29, 0.717) is 6.42 Å². The molecule has 28 heavy (non-hydrogen) atoms. The van der Waals surface area contributed by atoms with E-state index in [2.05, 4.69) is 47.9 Å². The Kier molecular flexibility index (Phi) is 7.31. The quantitative estimate of drug-likeness (QED) is 0.340. The zero-order valence-electron chi connectivity index (χ0n) is 16.2. The summed E-state index contributed by atoms with van der Waals surface area (Å²) in [6.45, 7) is 3.10. The molecule has 3 rings (SSSR count). The van der Waals surface area contributed by atoms with E-state index < -0.39 is 5.97 Å². The van der Waals surface area contributed by atoms with Crippen molar-refractivity contribution in [1.29, 1.82) is 0 Å². The molecule has 0 radical (unpaired) electrons.